The largest absolute Gasteiger partial charge is 0.398 e. The molecule has 1 rings (SSSR count). The molecule has 0 aliphatic heterocycles. The van der Waals surface area contributed by atoms with Gasteiger partial charge in [-0.05, 0) is 23.6 Å². The van der Waals surface area contributed by atoms with Crippen LogP contribution < -0.4 is 0 Å². The van der Waals surface area contributed by atoms with Crippen molar-refractivity contribution in [2.75, 3.05) is 5.75 Å². The van der Waals surface area contributed by atoms with Crippen LogP contribution in [0.25, 0.3) is 0 Å². The highest BCUT2D eigenvalue weighted by Crippen LogP contribution is 2.37. The van der Waals surface area contributed by atoms with Crippen molar-refractivity contribution in [3.8, 4) is 0 Å². The average Bonchev–Trinajstić information content (AvgIpc) is 2.14. The molecule has 0 aromatic heterocycles. The van der Waals surface area contributed by atoms with E-state index in [2.05, 4.69) is 0 Å². The fraction of sp³-hybridized carbons (Fsp3) is 0.455. The molecule has 96 valence electrons. The minimum atomic E-state index is -4.20. The molecule has 0 atom stereocenters. The predicted octanol–water partition coefficient (Wildman–Crippen LogP) is 5.77. The Bertz CT molecular complexity index is 402. The second-order valence-corrected chi connectivity index (χ2v) is 5.69. The maximum absolute atomic E-state index is 12.1. The molecule has 0 fully saturated rings. The Morgan fingerprint density at radius 3 is 2.24 bits per heavy atom. The van der Waals surface area contributed by atoms with E-state index in [0.29, 0.717) is 21.7 Å². The van der Waals surface area contributed by atoms with Crippen LogP contribution in [0.2, 0.25) is 10.0 Å². The zero-order chi connectivity index (χ0) is 13.2. The van der Waals surface area contributed by atoms with Gasteiger partial charge in [0, 0.05) is 9.92 Å². The minimum absolute atomic E-state index is 0.144. The summed E-state index contributed by atoms with van der Waals surface area (Å²) in [6, 6.07) is 3.13. The maximum Gasteiger partial charge on any atom is 0.398 e. The number of halogens is 5. The third kappa shape index (κ3) is 4.60. The van der Waals surface area contributed by atoms with Crippen LogP contribution in [0.4, 0.5) is 13.2 Å². The van der Waals surface area contributed by atoms with E-state index < -0.39 is 11.9 Å². The van der Waals surface area contributed by atoms with Crippen LogP contribution in [0.15, 0.2) is 17.0 Å². The lowest BCUT2D eigenvalue weighted by Crippen LogP contribution is -2.10. The van der Waals surface area contributed by atoms with Crippen LogP contribution >= 0.6 is 35.0 Å². The third-order valence-corrected chi connectivity index (χ3v) is 3.94. The standard InChI is InChI=1S/C11H11Cl2F3S/c1-6(2)7-3-10(9(13)4-8(7)12)17-5-11(14,15)16/h3-4,6H,5H2,1-2H3. The van der Waals surface area contributed by atoms with Gasteiger partial charge in [0.2, 0.25) is 0 Å². The lowest BCUT2D eigenvalue weighted by Gasteiger charge is -2.13. The Morgan fingerprint density at radius 2 is 1.76 bits per heavy atom. The van der Waals surface area contributed by atoms with Crippen LogP contribution in [-0.2, 0) is 0 Å². The molecule has 6 heteroatoms. The Labute approximate surface area is 112 Å². The number of benzene rings is 1. The lowest BCUT2D eigenvalue weighted by molar-refractivity contribution is -0.105. The summed E-state index contributed by atoms with van der Waals surface area (Å²) in [6.45, 7) is 3.85. The average molecular weight is 303 g/mol. The first-order valence-corrected chi connectivity index (χ1v) is 6.63. The van der Waals surface area contributed by atoms with Gasteiger partial charge in [0.25, 0.3) is 0 Å². The third-order valence-electron chi connectivity index (χ3n) is 2.06. The summed E-state index contributed by atoms with van der Waals surface area (Å²) in [5.74, 6) is -0.809. The van der Waals surface area contributed by atoms with E-state index in [9.17, 15) is 13.2 Å². The molecule has 0 N–H and O–H groups in total. The van der Waals surface area contributed by atoms with E-state index in [0.717, 1.165) is 5.56 Å². The Hall–Kier alpha value is -0.0600. The minimum Gasteiger partial charge on any atom is -0.170 e. The van der Waals surface area contributed by atoms with E-state index in [1.807, 2.05) is 13.8 Å². The topological polar surface area (TPSA) is 0 Å². The van der Waals surface area contributed by atoms with Gasteiger partial charge in [-0.15, -0.1) is 11.8 Å². The van der Waals surface area contributed by atoms with E-state index in [-0.39, 0.29) is 10.9 Å². The molecule has 0 nitrogen and oxygen atoms in total. The van der Waals surface area contributed by atoms with Crippen LogP contribution in [-0.4, -0.2) is 11.9 Å². The molecule has 0 amide bonds. The quantitative estimate of drug-likeness (QED) is 0.639. The number of hydrogen-bond acceptors (Lipinski definition) is 1. The van der Waals surface area contributed by atoms with Crippen molar-refractivity contribution in [1.82, 2.24) is 0 Å². The van der Waals surface area contributed by atoms with Gasteiger partial charge in [-0.25, -0.2) is 0 Å². The molecule has 1 aromatic carbocycles. The molecular formula is C11H11Cl2F3S. The van der Waals surface area contributed by atoms with Crippen molar-refractivity contribution >= 4 is 35.0 Å². The Morgan fingerprint density at radius 1 is 1.18 bits per heavy atom. The molecule has 0 aliphatic rings. The number of thioether (sulfide) groups is 1. The van der Waals surface area contributed by atoms with Crippen molar-refractivity contribution in [3.63, 3.8) is 0 Å². The lowest BCUT2D eigenvalue weighted by atomic mass is 10.0. The first-order valence-electron chi connectivity index (χ1n) is 4.89. The van der Waals surface area contributed by atoms with Gasteiger partial charge >= 0.3 is 6.18 Å². The van der Waals surface area contributed by atoms with Crippen molar-refractivity contribution in [2.24, 2.45) is 0 Å². The highest BCUT2D eigenvalue weighted by atomic mass is 35.5. The maximum atomic E-state index is 12.1. The molecule has 0 bridgehead atoms. The summed E-state index contributed by atoms with van der Waals surface area (Å²) in [5, 5.41) is 0.745. The summed E-state index contributed by atoms with van der Waals surface area (Å²) < 4.78 is 36.4. The molecule has 0 aliphatic carbocycles. The van der Waals surface area contributed by atoms with Gasteiger partial charge < -0.3 is 0 Å². The van der Waals surface area contributed by atoms with E-state index >= 15 is 0 Å². The highest BCUT2D eigenvalue weighted by Gasteiger charge is 2.27. The molecular weight excluding hydrogens is 292 g/mol. The summed E-state index contributed by atoms with van der Waals surface area (Å²) in [4.78, 5) is 0.414. The Balaban J connectivity index is 2.96. The summed E-state index contributed by atoms with van der Waals surface area (Å²) >= 11 is 12.5. The molecule has 1 aromatic rings. The molecule has 0 heterocycles. The van der Waals surface area contributed by atoms with E-state index in [4.69, 9.17) is 23.2 Å². The first-order chi connectivity index (χ1) is 7.70. The van der Waals surface area contributed by atoms with Crippen molar-refractivity contribution in [3.05, 3.63) is 27.7 Å². The van der Waals surface area contributed by atoms with Crippen LogP contribution in [0.5, 0.6) is 0 Å². The van der Waals surface area contributed by atoms with Gasteiger partial charge in [0.05, 0.1) is 10.8 Å². The number of hydrogen-bond donors (Lipinski definition) is 0. The van der Waals surface area contributed by atoms with Crippen molar-refractivity contribution in [2.45, 2.75) is 30.8 Å². The fourth-order valence-electron chi connectivity index (χ4n) is 1.26. The fourth-order valence-corrected chi connectivity index (χ4v) is 2.75. The van der Waals surface area contributed by atoms with Crippen LogP contribution in [0.1, 0.15) is 25.3 Å². The number of rotatable bonds is 3. The molecule has 0 saturated heterocycles. The monoisotopic (exact) mass is 302 g/mol. The van der Waals surface area contributed by atoms with E-state index in [1.165, 1.54) is 6.07 Å². The van der Waals surface area contributed by atoms with Gasteiger partial charge in [0.15, 0.2) is 0 Å². The molecule has 0 unspecified atom stereocenters. The zero-order valence-electron chi connectivity index (χ0n) is 9.24. The normalized spacial score (nSPS) is 12.2. The predicted molar refractivity (Wildman–Crippen MR) is 67.3 cm³/mol. The number of alkyl halides is 3. The molecule has 0 spiro atoms. The SMILES string of the molecule is CC(C)c1cc(SCC(F)(F)F)c(Cl)cc1Cl. The van der Waals surface area contributed by atoms with E-state index in [1.54, 1.807) is 6.07 Å². The summed E-state index contributed by atoms with van der Waals surface area (Å²) in [5.41, 5.74) is 0.806. The molecule has 0 radical (unpaired) electrons. The molecule has 0 saturated carbocycles. The van der Waals surface area contributed by atoms with Gasteiger partial charge in [0.1, 0.15) is 0 Å². The smallest absolute Gasteiger partial charge is 0.170 e. The van der Waals surface area contributed by atoms with Gasteiger partial charge in [-0.1, -0.05) is 37.0 Å². The highest BCUT2D eigenvalue weighted by molar-refractivity contribution is 7.99. The second-order valence-electron chi connectivity index (χ2n) is 3.86. The van der Waals surface area contributed by atoms with Gasteiger partial charge in [-0.3, -0.25) is 0 Å². The van der Waals surface area contributed by atoms with Crippen molar-refractivity contribution in [1.29, 1.82) is 0 Å². The van der Waals surface area contributed by atoms with Crippen LogP contribution in [0, 0.1) is 0 Å². The molecule has 17 heavy (non-hydrogen) atoms. The second kappa shape index (κ2) is 5.72. The Kier molecular flexibility index (Phi) is 5.05. The summed E-state index contributed by atoms with van der Waals surface area (Å²) in [7, 11) is 0. The summed E-state index contributed by atoms with van der Waals surface area (Å²) in [6.07, 6.45) is -4.20. The first kappa shape index (κ1) is 15.0. The van der Waals surface area contributed by atoms with Crippen LogP contribution in [0.3, 0.4) is 0 Å². The van der Waals surface area contributed by atoms with Gasteiger partial charge in [-0.2, -0.15) is 13.2 Å². The zero-order valence-corrected chi connectivity index (χ0v) is 11.6. The van der Waals surface area contributed by atoms with Crippen molar-refractivity contribution < 1.29 is 13.2 Å².